The quantitative estimate of drug-likeness (QED) is 0.636. The number of piperidine rings is 1. The number of sulfone groups is 1. The van der Waals surface area contributed by atoms with E-state index in [0.29, 0.717) is 25.1 Å². The maximum Gasteiger partial charge on any atom is 0.243 e. The Morgan fingerprint density at radius 2 is 1.58 bits per heavy atom. The first-order chi connectivity index (χ1) is 15.6. The normalized spacial score (nSPS) is 18.1. The molecular weight excluding hydrogens is 464 g/mol. The third kappa shape index (κ3) is 4.78. The van der Waals surface area contributed by atoms with E-state index in [1.165, 1.54) is 29.8 Å². The van der Waals surface area contributed by atoms with Crippen molar-refractivity contribution in [1.29, 1.82) is 0 Å². The molecule has 1 amide bonds. The zero-order valence-corrected chi connectivity index (χ0v) is 20.4. The second kappa shape index (κ2) is 9.08. The van der Waals surface area contributed by atoms with E-state index < -0.39 is 19.9 Å². The number of amides is 1. The number of nitrogens with zero attached hydrogens (tertiary/aromatic N) is 2. The Bertz CT molecular complexity index is 1250. The minimum Gasteiger partial charge on any atom is -0.497 e. The van der Waals surface area contributed by atoms with Gasteiger partial charge in [-0.3, -0.25) is 4.79 Å². The average Bonchev–Trinajstić information content (AvgIpc) is 2.82. The molecule has 0 bridgehead atoms. The number of carbonyl (C=O) groups excluding carboxylic acids is 1. The molecule has 0 aliphatic carbocycles. The van der Waals surface area contributed by atoms with E-state index in [1.807, 2.05) is 0 Å². The van der Waals surface area contributed by atoms with Crippen LogP contribution in [-0.4, -0.2) is 60.0 Å². The van der Waals surface area contributed by atoms with Crippen molar-refractivity contribution in [1.82, 2.24) is 4.31 Å². The van der Waals surface area contributed by atoms with Gasteiger partial charge in [-0.1, -0.05) is 0 Å². The van der Waals surface area contributed by atoms with Gasteiger partial charge in [0.1, 0.15) is 5.75 Å². The summed E-state index contributed by atoms with van der Waals surface area (Å²) >= 11 is 0. The summed E-state index contributed by atoms with van der Waals surface area (Å²) in [5.41, 5.74) is 1.61. The predicted octanol–water partition coefficient (Wildman–Crippen LogP) is 2.48. The number of sulfonamides is 1. The molecule has 1 fully saturated rings. The fourth-order valence-electron chi connectivity index (χ4n) is 4.49. The summed E-state index contributed by atoms with van der Waals surface area (Å²) in [5.74, 6) is 0.293. The van der Waals surface area contributed by atoms with Gasteiger partial charge >= 0.3 is 0 Å². The van der Waals surface area contributed by atoms with Crippen molar-refractivity contribution in [3.8, 4) is 5.75 Å². The van der Waals surface area contributed by atoms with Gasteiger partial charge in [-0.15, -0.1) is 0 Å². The molecule has 8 nitrogen and oxygen atoms in total. The third-order valence-electron chi connectivity index (χ3n) is 6.36. The largest absolute Gasteiger partial charge is 0.497 e. The lowest BCUT2D eigenvalue weighted by Crippen LogP contribution is -2.45. The fourth-order valence-corrected chi connectivity index (χ4v) is 6.63. The highest BCUT2D eigenvalue weighted by Gasteiger charge is 2.35. The molecule has 2 aromatic rings. The van der Waals surface area contributed by atoms with Gasteiger partial charge in [0.15, 0.2) is 9.84 Å². The number of benzene rings is 2. The first-order valence-electron chi connectivity index (χ1n) is 10.9. The number of hydrogen-bond acceptors (Lipinski definition) is 6. The molecule has 0 saturated carbocycles. The summed E-state index contributed by atoms with van der Waals surface area (Å²) in [5, 5.41) is 0. The van der Waals surface area contributed by atoms with Gasteiger partial charge in [0.2, 0.25) is 15.9 Å². The second-order valence-electron chi connectivity index (χ2n) is 8.51. The smallest absolute Gasteiger partial charge is 0.243 e. The number of aryl methyl sites for hydroxylation is 1. The molecule has 0 radical (unpaired) electrons. The standard InChI is InChI=1S/C23H28N2O6S2/c1-31-19-5-7-20(8-6-19)33(29,30)24-14-11-17(12-15-24)23(26)25-13-3-4-18-16-21(32(2,27)28)9-10-22(18)25/h5-10,16-17H,3-4,11-15H2,1-2H3. The zero-order valence-electron chi connectivity index (χ0n) is 18.7. The van der Waals surface area contributed by atoms with Gasteiger partial charge < -0.3 is 9.64 Å². The van der Waals surface area contributed by atoms with Crippen molar-refractivity contribution in [2.75, 3.05) is 37.9 Å². The Morgan fingerprint density at radius 1 is 0.939 bits per heavy atom. The minimum atomic E-state index is -3.63. The summed E-state index contributed by atoms with van der Waals surface area (Å²) in [7, 11) is -5.42. The molecule has 10 heteroatoms. The highest BCUT2D eigenvalue weighted by molar-refractivity contribution is 7.90. The molecule has 0 spiro atoms. The van der Waals surface area contributed by atoms with Crippen molar-refractivity contribution >= 4 is 31.5 Å². The SMILES string of the molecule is COc1ccc(S(=O)(=O)N2CCC(C(=O)N3CCCc4cc(S(C)(=O)=O)ccc43)CC2)cc1. The van der Waals surface area contributed by atoms with Crippen LogP contribution in [0.3, 0.4) is 0 Å². The van der Waals surface area contributed by atoms with E-state index in [-0.39, 0.29) is 34.7 Å². The first-order valence-corrected chi connectivity index (χ1v) is 14.2. The van der Waals surface area contributed by atoms with Crippen LogP contribution < -0.4 is 9.64 Å². The van der Waals surface area contributed by atoms with E-state index in [4.69, 9.17) is 4.74 Å². The van der Waals surface area contributed by atoms with Gasteiger partial charge in [0.05, 0.1) is 16.9 Å². The van der Waals surface area contributed by atoms with E-state index in [1.54, 1.807) is 35.2 Å². The van der Waals surface area contributed by atoms with Crippen LogP contribution in [-0.2, 0) is 31.1 Å². The van der Waals surface area contributed by atoms with E-state index in [9.17, 15) is 21.6 Å². The summed E-state index contributed by atoms with van der Waals surface area (Å²) < 4.78 is 56.3. The molecule has 1 saturated heterocycles. The van der Waals surface area contributed by atoms with Crippen LogP contribution in [0.15, 0.2) is 52.3 Å². The topological polar surface area (TPSA) is 101 Å². The van der Waals surface area contributed by atoms with Crippen molar-refractivity contribution in [2.24, 2.45) is 5.92 Å². The molecule has 2 aliphatic rings. The zero-order chi connectivity index (χ0) is 23.8. The Hall–Kier alpha value is -2.43. The molecule has 2 heterocycles. The van der Waals surface area contributed by atoms with Crippen LogP contribution in [0.25, 0.3) is 0 Å². The third-order valence-corrected chi connectivity index (χ3v) is 9.39. The lowest BCUT2D eigenvalue weighted by atomic mass is 9.94. The molecular formula is C23H28N2O6S2. The monoisotopic (exact) mass is 492 g/mol. The molecule has 2 aliphatic heterocycles. The summed E-state index contributed by atoms with van der Waals surface area (Å²) in [6, 6.07) is 11.2. The van der Waals surface area contributed by atoms with Crippen LogP contribution in [0.4, 0.5) is 5.69 Å². The fraction of sp³-hybridized carbons (Fsp3) is 0.435. The van der Waals surface area contributed by atoms with Crippen molar-refractivity contribution in [3.05, 3.63) is 48.0 Å². The maximum atomic E-state index is 13.3. The van der Waals surface area contributed by atoms with Gasteiger partial charge in [0, 0.05) is 37.5 Å². The summed E-state index contributed by atoms with van der Waals surface area (Å²) in [6.45, 7) is 1.13. The number of rotatable bonds is 5. The molecule has 4 rings (SSSR count). The van der Waals surface area contributed by atoms with Gasteiger partial charge in [-0.05, 0) is 73.7 Å². The van der Waals surface area contributed by atoms with Crippen molar-refractivity contribution in [3.63, 3.8) is 0 Å². The molecule has 0 atom stereocenters. The van der Waals surface area contributed by atoms with Gasteiger partial charge in [-0.25, -0.2) is 16.8 Å². The minimum absolute atomic E-state index is 0.0236. The lowest BCUT2D eigenvalue weighted by Gasteiger charge is -2.36. The van der Waals surface area contributed by atoms with E-state index >= 15 is 0 Å². The van der Waals surface area contributed by atoms with Crippen LogP contribution in [0.5, 0.6) is 5.75 Å². The van der Waals surface area contributed by atoms with E-state index in [2.05, 4.69) is 0 Å². The highest BCUT2D eigenvalue weighted by atomic mass is 32.2. The second-order valence-corrected chi connectivity index (χ2v) is 12.5. The number of fused-ring (bicyclic) bond motifs is 1. The first kappa shape index (κ1) is 23.7. The Kier molecular flexibility index (Phi) is 6.52. The Labute approximate surface area is 195 Å². The van der Waals surface area contributed by atoms with Crippen LogP contribution in [0.1, 0.15) is 24.8 Å². The average molecular weight is 493 g/mol. The summed E-state index contributed by atoms with van der Waals surface area (Å²) in [6.07, 6.45) is 3.55. The van der Waals surface area contributed by atoms with Crippen molar-refractivity contribution in [2.45, 2.75) is 35.5 Å². The lowest BCUT2D eigenvalue weighted by molar-refractivity contribution is -0.123. The molecule has 178 valence electrons. The van der Waals surface area contributed by atoms with Gasteiger partial charge in [-0.2, -0.15) is 4.31 Å². The molecule has 0 unspecified atom stereocenters. The molecule has 33 heavy (non-hydrogen) atoms. The predicted molar refractivity (Wildman–Crippen MR) is 125 cm³/mol. The number of ether oxygens (including phenoxy) is 1. The molecule has 2 aromatic carbocycles. The van der Waals surface area contributed by atoms with Gasteiger partial charge in [0.25, 0.3) is 0 Å². The number of methoxy groups -OCH3 is 1. The number of hydrogen-bond donors (Lipinski definition) is 0. The van der Waals surface area contributed by atoms with Crippen LogP contribution >= 0.6 is 0 Å². The molecule has 0 aromatic heterocycles. The van der Waals surface area contributed by atoms with Crippen LogP contribution in [0.2, 0.25) is 0 Å². The van der Waals surface area contributed by atoms with Crippen molar-refractivity contribution < 1.29 is 26.4 Å². The van der Waals surface area contributed by atoms with Crippen LogP contribution in [0, 0.1) is 5.92 Å². The number of anilines is 1. The maximum absolute atomic E-state index is 13.3. The Morgan fingerprint density at radius 3 is 2.18 bits per heavy atom. The highest BCUT2D eigenvalue weighted by Crippen LogP contribution is 2.33. The Balaban J connectivity index is 1.46. The van der Waals surface area contributed by atoms with E-state index in [0.717, 1.165) is 24.1 Å². The molecule has 0 N–H and O–H groups in total. The summed E-state index contributed by atoms with van der Waals surface area (Å²) in [4.78, 5) is 15.5. The number of carbonyl (C=O) groups is 1.